The molecule has 4 N–H and O–H groups in total. The molecule has 0 unspecified atom stereocenters. The number of hydrogen-bond donors (Lipinski definition) is 4. The maximum absolute atomic E-state index is 11.9. The van der Waals surface area contributed by atoms with E-state index in [9.17, 15) is 25.2 Å². The lowest BCUT2D eigenvalue weighted by Gasteiger charge is -2.36. The molecule has 0 radical (unpaired) electrons. The second-order valence-electron chi connectivity index (χ2n) is 7.12. The molecule has 7 heteroatoms. The first-order valence-corrected chi connectivity index (χ1v) is 10.0. The van der Waals surface area contributed by atoms with Gasteiger partial charge in [0, 0.05) is 0 Å². The van der Waals surface area contributed by atoms with Crippen molar-refractivity contribution < 1.29 is 34.7 Å². The minimum absolute atomic E-state index is 0.206. The van der Waals surface area contributed by atoms with Crippen LogP contribution in [0, 0.1) is 0 Å². The van der Waals surface area contributed by atoms with Gasteiger partial charge in [-0.1, -0.05) is 71.1 Å². The van der Waals surface area contributed by atoms with Crippen molar-refractivity contribution in [3.63, 3.8) is 0 Å². The molecule has 0 aromatic heterocycles. The fourth-order valence-electron chi connectivity index (χ4n) is 3.08. The monoisotopic (exact) mass is 376 g/mol. The lowest BCUT2D eigenvalue weighted by molar-refractivity contribution is -0.281. The minimum Gasteiger partial charge on any atom is -0.464 e. The first kappa shape index (κ1) is 23.3. The highest BCUT2D eigenvalue weighted by Gasteiger charge is 2.46. The predicted octanol–water partition coefficient (Wildman–Crippen LogP) is 1.64. The van der Waals surface area contributed by atoms with Crippen molar-refractivity contribution in [1.29, 1.82) is 0 Å². The van der Waals surface area contributed by atoms with Gasteiger partial charge in [-0.05, 0) is 6.42 Å². The van der Waals surface area contributed by atoms with Crippen LogP contribution < -0.4 is 0 Å². The third-order valence-corrected chi connectivity index (χ3v) is 4.81. The lowest BCUT2D eigenvalue weighted by atomic mass is 9.99. The maximum Gasteiger partial charge on any atom is 0.338 e. The maximum atomic E-state index is 11.9. The number of rotatable bonds is 13. The zero-order valence-corrected chi connectivity index (χ0v) is 15.9. The first-order valence-electron chi connectivity index (χ1n) is 10.0. The van der Waals surface area contributed by atoms with Gasteiger partial charge in [-0.2, -0.15) is 0 Å². The van der Waals surface area contributed by atoms with Gasteiger partial charge in [0.05, 0.1) is 6.61 Å². The Balaban J connectivity index is 2.01. The van der Waals surface area contributed by atoms with E-state index in [1.807, 2.05) is 0 Å². The number of aliphatic hydroxyl groups is 4. The summed E-state index contributed by atoms with van der Waals surface area (Å²) in [6.07, 6.45) is 4.93. The van der Waals surface area contributed by atoms with E-state index in [2.05, 4.69) is 6.92 Å². The average molecular weight is 376 g/mol. The largest absolute Gasteiger partial charge is 0.464 e. The van der Waals surface area contributed by atoms with Gasteiger partial charge in [-0.15, -0.1) is 0 Å². The van der Waals surface area contributed by atoms with Crippen molar-refractivity contribution in [3.8, 4) is 0 Å². The highest BCUT2D eigenvalue weighted by molar-refractivity contribution is 5.75. The van der Waals surface area contributed by atoms with E-state index in [0.29, 0.717) is 0 Å². The standard InChI is InChI=1S/C19H36O7/c1-2-3-4-5-6-7-8-9-10-11-12-13-25-19(24)17-15(21)14(20)16(22)18(23)26-17/h14-18,20-23H,2-13H2,1H3/t14-,15-,16+,17-,18+/m0/s1. The van der Waals surface area contributed by atoms with Crippen LogP contribution >= 0.6 is 0 Å². The molecule has 0 aliphatic carbocycles. The molecule has 26 heavy (non-hydrogen) atoms. The van der Waals surface area contributed by atoms with E-state index in [1.54, 1.807) is 0 Å². The summed E-state index contributed by atoms with van der Waals surface area (Å²) >= 11 is 0. The fourth-order valence-corrected chi connectivity index (χ4v) is 3.08. The Kier molecular flexibility index (Phi) is 12.0. The van der Waals surface area contributed by atoms with Gasteiger partial charge in [-0.3, -0.25) is 0 Å². The molecule has 0 amide bonds. The summed E-state index contributed by atoms with van der Waals surface area (Å²) < 4.78 is 9.86. The summed E-state index contributed by atoms with van der Waals surface area (Å²) in [7, 11) is 0. The van der Waals surface area contributed by atoms with Crippen molar-refractivity contribution in [2.75, 3.05) is 6.61 Å². The Hall–Kier alpha value is -0.730. The van der Waals surface area contributed by atoms with Crippen molar-refractivity contribution in [2.24, 2.45) is 0 Å². The topological polar surface area (TPSA) is 116 Å². The SMILES string of the molecule is CCCCCCCCCCCCCOC(=O)[C@H]1O[C@@H](O)[C@H](O)[C@@H](O)[C@@H]1O. The second kappa shape index (κ2) is 13.4. The van der Waals surface area contributed by atoms with Crippen molar-refractivity contribution in [1.82, 2.24) is 0 Å². The third-order valence-electron chi connectivity index (χ3n) is 4.81. The molecule has 1 rings (SSSR count). The highest BCUT2D eigenvalue weighted by Crippen LogP contribution is 2.21. The molecule has 154 valence electrons. The molecule has 0 aromatic rings. The van der Waals surface area contributed by atoms with Crippen LogP contribution in [-0.2, 0) is 14.3 Å². The Bertz CT molecular complexity index is 377. The minimum atomic E-state index is -1.73. The van der Waals surface area contributed by atoms with E-state index in [-0.39, 0.29) is 6.61 Å². The summed E-state index contributed by atoms with van der Waals surface area (Å²) in [5, 5.41) is 38.1. The molecule has 5 atom stereocenters. The number of hydrogen-bond acceptors (Lipinski definition) is 7. The summed E-state index contributed by atoms with van der Waals surface area (Å²) in [6, 6.07) is 0. The lowest BCUT2D eigenvalue weighted by Crippen LogP contribution is -2.59. The number of ether oxygens (including phenoxy) is 2. The molecule has 0 bridgehead atoms. The van der Waals surface area contributed by atoms with Gasteiger partial charge in [0.2, 0.25) is 0 Å². The van der Waals surface area contributed by atoms with Crippen LogP contribution in [0.25, 0.3) is 0 Å². The summed E-state index contributed by atoms with van der Waals surface area (Å²) in [5.41, 5.74) is 0. The van der Waals surface area contributed by atoms with E-state index in [1.165, 1.54) is 51.4 Å². The smallest absolute Gasteiger partial charge is 0.338 e. The molecule has 7 nitrogen and oxygen atoms in total. The number of aliphatic hydroxyl groups excluding tert-OH is 4. The molecule has 1 saturated heterocycles. The number of carbonyl (C=O) groups is 1. The molecule has 0 saturated carbocycles. The Morgan fingerprint density at radius 2 is 1.27 bits per heavy atom. The van der Waals surface area contributed by atoms with Crippen LogP contribution in [0.2, 0.25) is 0 Å². The molecule has 1 aliphatic rings. The van der Waals surface area contributed by atoms with Crippen LogP contribution in [-0.4, -0.2) is 63.7 Å². The van der Waals surface area contributed by atoms with Gasteiger partial charge in [0.25, 0.3) is 0 Å². The fraction of sp³-hybridized carbons (Fsp3) is 0.947. The molecule has 1 fully saturated rings. The van der Waals surface area contributed by atoms with Crippen molar-refractivity contribution >= 4 is 5.97 Å². The van der Waals surface area contributed by atoms with Gasteiger partial charge in [0.15, 0.2) is 12.4 Å². The van der Waals surface area contributed by atoms with Crippen LogP contribution in [0.1, 0.15) is 77.6 Å². The second-order valence-corrected chi connectivity index (χ2v) is 7.12. The third kappa shape index (κ3) is 8.31. The molecule has 1 heterocycles. The Labute approximate surface area is 156 Å². The molecule has 0 aromatic carbocycles. The number of esters is 1. The highest BCUT2D eigenvalue weighted by atomic mass is 16.7. The van der Waals surface area contributed by atoms with Gasteiger partial charge >= 0.3 is 5.97 Å². The predicted molar refractivity (Wildman–Crippen MR) is 96.3 cm³/mol. The van der Waals surface area contributed by atoms with Crippen LogP contribution in [0.3, 0.4) is 0 Å². The van der Waals surface area contributed by atoms with E-state index in [0.717, 1.165) is 19.3 Å². The van der Waals surface area contributed by atoms with Crippen LogP contribution in [0.4, 0.5) is 0 Å². The van der Waals surface area contributed by atoms with Crippen LogP contribution in [0.5, 0.6) is 0 Å². The Morgan fingerprint density at radius 3 is 1.81 bits per heavy atom. The zero-order chi connectivity index (χ0) is 19.4. The van der Waals surface area contributed by atoms with Crippen LogP contribution in [0.15, 0.2) is 0 Å². The summed E-state index contributed by atoms with van der Waals surface area (Å²) in [4.78, 5) is 11.9. The van der Waals surface area contributed by atoms with Gasteiger partial charge in [-0.25, -0.2) is 4.79 Å². The van der Waals surface area contributed by atoms with E-state index < -0.39 is 36.7 Å². The molecule has 0 spiro atoms. The summed E-state index contributed by atoms with van der Waals surface area (Å²) in [5.74, 6) is -0.838. The van der Waals surface area contributed by atoms with Gasteiger partial charge in [0.1, 0.15) is 18.3 Å². The average Bonchev–Trinajstić information content (AvgIpc) is 2.63. The number of carbonyl (C=O) groups excluding carboxylic acids is 1. The zero-order valence-electron chi connectivity index (χ0n) is 15.9. The number of unbranched alkanes of at least 4 members (excludes halogenated alkanes) is 10. The van der Waals surface area contributed by atoms with Gasteiger partial charge < -0.3 is 29.9 Å². The first-order chi connectivity index (χ1) is 12.5. The molecular weight excluding hydrogens is 340 g/mol. The normalized spacial score (nSPS) is 28.9. The van der Waals surface area contributed by atoms with Crippen molar-refractivity contribution in [3.05, 3.63) is 0 Å². The van der Waals surface area contributed by atoms with E-state index in [4.69, 9.17) is 9.47 Å². The Morgan fingerprint density at radius 1 is 0.769 bits per heavy atom. The summed E-state index contributed by atoms with van der Waals surface area (Å²) in [6.45, 7) is 2.43. The van der Waals surface area contributed by atoms with E-state index >= 15 is 0 Å². The molecular formula is C19H36O7. The quantitative estimate of drug-likeness (QED) is 0.285. The molecule has 1 aliphatic heterocycles. The van der Waals surface area contributed by atoms with Crippen molar-refractivity contribution in [2.45, 2.75) is 108 Å².